The molecule has 2 aromatic rings. The van der Waals surface area contributed by atoms with Gasteiger partial charge >= 0.3 is 7.52 Å². The van der Waals surface area contributed by atoms with Crippen molar-refractivity contribution in [2.24, 2.45) is 0 Å². The summed E-state index contributed by atoms with van der Waals surface area (Å²) >= 11 is 0. The minimum Gasteiger partial charge on any atom is -0.429 e. The van der Waals surface area contributed by atoms with E-state index >= 15 is 0 Å². The minimum atomic E-state index is -2.95. The first-order chi connectivity index (χ1) is 8.16. The van der Waals surface area contributed by atoms with Crippen LogP contribution in [0.25, 0.3) is 0 Å². The Hall–Kier alpha value is -1.80. The van der Waals surface area contributed by atoms with Gasteiger partial charge in [-0.25, -0.2) is 4.98 Å². The average Bonchev–Trinajstić information content (AvgIpc) is 2.30. The van der Waals surface area contributed by atoms with Crippen LogP contribution in [-0.4, -0.2) is 11.6 Å². The summed E-state index contributed by atoms with van der Waals surface area (Å²) in [5.74, 6) is 1.11. The summed E-state index contributed by atoms with van der Waals surface area (Å²) in [4.78, 5) is 4.04. The minimum absolute atomic E-state index is 0.536. The lowest BCUT2D eigenvalue weighted by atomic mass is 10.3. The van der Waals surface area contributed by atoms with Gasteiger partial charge in [0.15, 0.2) is 0 Å². The molecule has 2 rings (SSSR count). The lowest BCUT2D eigenvalue weighted by Crippen LogP contribution is -2.03. The largest absolute Gasteiger partial charge is 0.429 e. The monoisotopic (exact) mass is 248 g/mol. The molecule has 4 nitrogen and oxygen atoms in total. The van der Waals surface area contributed by atoms with E-state index in [9.17, 15) is 4.57 Å². The molecule has 0 amide bonds. The Kier molecular flexibility index (Phi) is 3.45. The Morgan fingerprint density at radius 2 is 1.82 bits per heavy atom. The van der Waals surface area contributed by atoms with E-state index in [0.717, 1.165) is 0 Å². The summed E-state index contributed by atoms with van der Waals surface area (Å²) in [5.41, 5.74) is 0. The van der Waals surface area contributed by atoms with Gasteiger partial charge in [0.1, 0.15) is 11.6 Å². The standard InChI is InChI=1S/C12H13N2O2P/c1-17(15,14-12-9-5-6-10-13-12)16-11-7-3-2-4-8-11/h2-10H,1H3,(H,13,14,15)/t17-/m1/s1. The van der Waals surface area contributed by atoms with E-state index in [1.54, 1.807) is 30.5 Å². The molecule has 0 aliphatic heterocycles. The van der Waals surface area contributed by atoms with E-state index in [-0.39, 0.29) is 0 Å². The highest BCUT2D eigenvalue weighted by Crippen LogP contribution is 2.42. The molecule has 0 fully saturated rings. The zero-order valence-corrected chi connectivity index (χ0v) is 10.3. The molecule has 0 aliphatic rings. The van der Waals surface area contributed by atoms with Crippen LogP contribution in [0.4, 0.5) is 5.82 Å². The van der Waals surface area contributed by atoms with E-state index in [2.05, 4.69) is 10.1 Å². The third-order valence-electron chi connectivity index (χ3n) is 2.01. The number of pyridine rings is 1. The van der Waals surface area contributed by atoms with Gasteiger partial charge in [-0.1, -0.05) is 24.3 Å². The maximum atomic E-state index is 12.2. The first-order valence-electron chi connectivity index (χ1n) is 5.17. The molecule has 0 aliphatic carbocycles. The van der Waals surface area contributed by atoms with Crippen LogP contribution in [0.5, 0.6) is 5.75 Å². The van der Waals surface area contributed by atoms with Crippen molar-refractivity contribution in [1.29, 1.82) is 0 Å². The van der Waals surface area contributed by atoms with Crippen molar-refractivity contribution in [3.05, 3.63) is 54.7 Å². The van der Waals surface area contributed by atoms with E-state index in [1.165, 1.54) is 6.66 Å². The number of hydrogen-bond acceptors (Lipinski definition) is 3. The number of hydrogen-bond donors (Lipinski definition) is 1. The Labute approximate surface area is 100 Å². The van der Waals surface area contributed by atoms with E-state index in [0.29, 0.717) is 11.6 Å². The molecular weight excluding hydrogens is 235 g/mol. The van der Waals surface area contributed by atoms with E-state index in [1.807, 2.05) is 24.3 Å². The molecule has 0 spiro atoms. The van der Waals surface area contributed by atoms with E-state index in [4.69, 9.17) is 4.52 Å². The Morgan fingerprint density at radius 1 is 1.12 bits per heavy atom. The molecule has 1 N–H and O–H groups in total. The number of aromatic nitrogens is 1. The highest BCUT2D eigenvalue weighted by molar-refractivity contribution is 7.60. The van der Waals surface area contributed by atoms with Gasteiger partial charge in [0.2, 0.25) is 0 Å². The molecule has 0 unspecified atom stereocenters. The van der Waals surface area contributed by atoms with Crippen molar-refractivity contribution in [1.82, 2.24) is 4.98 Å². The number of anilines is 1. The first kappa shape index (κ1) is 11.7. The van der Waals surface area contributed by atoms with Gasteiger partial charge in [0.05, 0.1) is 0 Å². The normalized spacial score (nSPS) is 13.7. The van der Waals surface area contributed by atoms with Gasteiger partial charge < -0.3 is 4.52 Å². The second-order valence-electron chi connectivity index (χ2n) is 3.58. The topological polar surface area (TPSA) is 51.2 Å². The maximum Gasteiger partial charge on any atom is 0.339 e. The SMILES string of the molecule is C[P@](=O)(Nc1ccccn1)Oc1ccccc1. The fourth-order valence-corrected chi connectivity index (χ4v) is 2.46. The second-order valence-corrected chi connectivity index (χ2v) is 5.67. The molecule has 0 bridgehead atoms. The van der Waals surface area contributed by atoms with Gasteiger partial charge in [-0.05, 0) is 24.3 Å². The highest BCUT2D eigenvalue weighted by atomic mass is 31.2. The predicted molar refractivity (Wildman–Crippen MR) is 68.5 cm³/mol. The van der Waals surface area contributed by atoms with Crippen molar-refractivity contribution < 1.29 is 9.09 Å². The molecule has 17 heavy (non-hydrogen) atoms. The molecular formula is C12H13N2O2P. The van der Waals surface area contributed by atoms with Gasteiger partial charge in [0, 0.05) is 12.9 Å². The van der Waals surface area contributed by atoms with Crippen LogP contribution in [0.3, 0.4) is 0 Å². The van der Waals surface area contributed by atoms with Crippen molar-refractivity contribution in [2.45, 2.75) is 0 Å². The van der Waals surface area contributed by atoms with Crippen LogP contribution in [-0.2, 0) is 4.57 Å². The summed E-state index contributed by atoms with van der Waals surface area (Å²) < 4.78 is 17.6. The Balaban J connectivity index is 2.07. The third-order valence-corrected chi connectivity index (χ3v) is 3.20. The number of nitrogens with zero attached hydrogens (tertiary/aromatic N) is 1. The third kappa shape index (κ3) is 3.61. The molecule has 5 heteroatoms. The van der Waals surface area contributed by atoms with Crippen LogP contribution in [0, 0.1) is 0 Å². The molecule has 1 aromatic carbocycles. The highest BCUT2D eigenvalue weighted by Gasteiger charge is 2.17. The van der Waals surface area contributed by atoms with Crippen molar-refractivity contribution >= 4 is 13.3 Å². The summed E-state index contributed by atoms with van der Waals surface area (Å²) in [6.07, 6.45) is 1.63. The fraction of sp³-hybridized carbons (Fsp3) is 0.0833. The van der Waals surface area contributed by atoms with Crippen molar-refractivity contribution in [2.75, 3.05) is 11.8 Å². The Morgan fingerprint density at radius 3 is 2.47 bits per heavy atom. The number of benzene rings is 1. The van der Waals surface area contributed by atoms with Gasteiger partial charge in [-0.3, -0.25) is 9.65 Å². The second kappa shape index (κ2) is 5.02. The summed E-state index contributed by atoms with van der Waals surface area (Å²) in [6.45, 7) is 1.52. The molecule has 1 heterocycles. The van der Waals surface area contributed by atoms with Crippen LogP contribution in [0.1, 0.15) is 0 Å². The molecule has 0 saturated carbocycles. The van der Waals surface area contributed by atoms with Gasteiger partial charge in [-0.15, -0.1) is 0 Å². The predicted octanol–water partition coefficient (Wildman–Crippen LogP) is 3.40. The summed E-state index contributed by atoms with van der Waals surface area (Å²) in [7, 11) is -2.95. The lowest BCUT2D eigenvalue weighted by Gasteiger charge is -2.16. The number of para-hydroxylation sites is 1. The smallest absolute Gasteiger partial charge is 0.339 e. The quantitative estimate of drug-likeness (QED) is 0.842. The average molecular weight is 248 g/mol. The zero-order chi connectivity index (χ0) is 12.1. The van der Waals surface area contributed by atoms with Crippen LogP contribution in [0.2, 0.25) is 0 Å². The lowest BCUT2D eigenvalue weighted by molar-refractivity contribution is 0.493. The van der Waals surface area contributed by atoms with Crippen LogP contribution < -0.4 is 9.61 Å². The van der Waals surface area contributed by atoms with Crippen molar-refractivity contribution in [3.8, 4) is 5.75 Å². The molecule has 1 atom stereocenters. The number of nitrogens with one attached hydrogen (secondary N) is 1. The molecule has 1 aromatic heterocycles. The fourth-order valence-electron chi connectivity index (χ4n) is 1.34. The summed E-state index contributed by atoms with van der Waals surface area (Å²) in [6, 6.07) is 14.4. The molecule has 0 saturated heterocycles. The zero-order valence-electron chi connectivity index (χ0n) is 9.41. The van der Waals surface area contributed by atoms with E-state index < -0.39 is 7.52 Å². The van der Waals surface area contributed by atoms with Crippen LogP contribution in [0.15, 0.2) is 54.7 Å². The Bertz CT molecular complexity index is 471. The molecule has 88 valence electrons. The van der Waals surface area contributed by atoms with Gasteiger partial charge in [0.25, 0.3) is 0 Å². The summed E-state index contributed by atoms with van der Waals surface area (Å²) in [5, 5.41) is 2.79. The number of rotatable bonds is 4. The van der Waals surface area contributed by atoms with Crippen molar-refractivity contribution in [3.63, 3.8) is 0 Å². The van der Waals surface area contributed by atoms with Crippen LogP contribution >= 0.6 is 7.52 Å². The molecule has 0 radical (unpaired) electrons. The first-order valence-corrected chi connectivity index (χ1v) is 7.24. The maximum absolute atomic E-state index is 12.2. The van der Waals surface area contributed by atoms with Gasteiger partial charge in [-0.2, -0.15) is 0 Å².